The van der Waals surface area contributed by atoms with Crippen LogP contribution in [0.2, 0.25) is 0 Å². The Labute approximate surface area is 237 Å². The van der Waals surface area contributed by atoms with Gasteiger partial charge in [-0.05, 0) is 104 Å². The van der Waals surface area contributed by atoms with Crippen LogP contribution in [0.5, 0.6) is 0 Å². The molecule has 37 heavy (non-hydrogen) atoms. The highest BCUT2D eigenvalue weighted by molar-refractivity contribution is 6.69. The molecule has 0 aliphatic carbocycles. The van der Waals surface area contributed by atoms with Crippen LogP contribution in [0.1, 0.15) is 158 Å². The fourth-order valence-electron chi connectivity index (χ4n) is 5.64. The first-order valence-electron chi connectivity index (χ1n) is 17.1. The van der Waals surface area contributed by atoms with Crippen molar-refractivity contribution in [3.8, 4) is 0 Å². The molecule has 0 aromatic rings. The second kappa shape index (κ2) is 25.1. The summed E-state index contributed by atoms with van der Waals surface area (Å²) in [5, 5.41) is 0. The maximum absolute atomic E-state index is 3.14. The summed E-state index contributed by atoms with van der Waals surface area (Å²) >= 11 is 0. The highest BCUT2D eigenvalue weighted by Crippen LogP contribution is 2.30. The molecule has 0 radical (unpaired) electrons. The summed E-state index contributed by atoms with van der Waals surface area (Å²) in [6, 6.07) is 0. The van der Waals surface area contributed by atoms with Gasteiger partial charge in [0.2, 0.25) is 0 Å². The highest BCUT2D eigenvalue weighted by atomic mass is 28.4. The monoisotopic (exact) mass is 541 g/mol. The van der Waals surface area contributed by atoms with Crippen LogP contribution >= 0.6 is 0 Å². The second-order valence-electron chi connectivity index (χ2n) is 11.4. The molecule has 0 bridgehead atoms. The molecule has 0 rings (SSSR count). The van der Waals surface area contributed by atoms with Gasteiger partial charge in [-0.1, -0.05) is 107 Å². The average Bonchev–Trinajstić information content (AvgIpc) is 2.92. The molecule has 0 atom stereocenters. The van der Waals surface area contributed by atoms with Gasteiger partial charge in [-0.2, -0.15) is 0 Å². The molecule has 0 saturated carbocycles. The van der Waals surface area contributed by atoms with Crippen molar-refractivity contribution in [3.05, 3.63) is 0 Å². The molecule has 4 nitrogen and oxygen atoms in total. The molecule has 0 aliphatic heterocycles. The summed E-state index contributed by atoms with van der Waals surface area (Å²) in [6.07, 6.45) is 21.0. The van der Waals surface area contributed by atoms with Crippen molar-refractivity contribution in [2.75, 3.05) is 52.4 Å². The lowest BCUT2D eigenvalue weighted by molar-refractivity contribution is 0.153. The van der Waals surface area contributed by atoms with E-state index in [9.17, 15) is 0 Å². The Hall–Kier alpha value is 0.0569. The second-order valence-corrected chi connectivity index (χ2v) is 15.1. The molecule has 0 heterocycles. The molecule has 0 fully saturated rings. The Bertz CT molecular complexity index is 358. The Kier molecular flexibility index (Phi) is 25.1. The van der Waals surface area contributed by atoms with E-state index in [0.717, 1.165) is 0 Å². The largest absolute Gasteiger partial charge is 0.376 e. The number of hydrogen-bond donors (Lipinski definition) is 0. The van der Waals surface area contributed by atoms with E-state index >= 15 is 0 Å². The van der Waals surface area contributed by atoms with Gasteiger partial charge in [0.05, 0.1) is 0 Å². The maximum Gasteiger partial charge on any atom is 0.376 e. The van der Waals surface area contributed by atoms with Crippen LogP contribution in [0.25, 0.3) is 0 Å². The lowest BCUT2D eigenvalue weighted by Crippen LogP contribution is -2.84. The zero-order valence-corrected chi connectivity index (χ0v) is 28.3. The van der Waals surface area contributed by atoms with E-state index in [0.29, 0.717) is 0 Å². The smallest absolute Gasteiger partial charge is 0.287 e. The van der Waals surface area contributed by atoms with Crippen LogP contribution in [0, 0.1) is 0 Å². The predicted molar refractivity (Wildman–Crippen MR) is 171 cm³/mol. The van der Waals surface area contributed by atoms with E-state index in [1.165, 1.54) is 155 Å². The highest BCUT2D eigenvalue weighted by Gasteiger charge is 2.55. The van der Waals surface area contributed by atoms with E-state index in [1.54, 1.807) is 0 Å². The van der Waals surface area contributed by atoms with Gasteiger partial charge in [0.1, 0.15) is 0 Å². The third-order valence-corrected chi connectivity index (χ3v) is 13.1. The van der Waals surface area contributed by atoms with Gasteiger partial charge in [-0.25, -0.2) is 0 Å². The van der Waals surface area contributed by atoms with Crippen LogP contribution in [0.3, 0.4) is 0 Å². The van der Waals surface area contributed by atoms with Crippen LogP contribution in [-0.2, 0) is 0 Å². The van der Waals surface area contributed by atoms with Gasteiger partial charge in [-0.3, -0.25) is 18.3 Å². The Morgan fingerprint density at radius 1 is 0.270 bits per heavy atom. The van der Waals surface area contributed by atoms with Crippen molar-refractivity contribution in [1.82, 2.24) is 18.3 Å². The van der Waals surface area contributed by atoms with E-state index < -0.39 is 8.72 Å². The minimum atomic E-state index is -2.28. The summed E-state index contributed by atoms with van der Waals surface area (Å²) < 4.78 is 12.6. The van der Waals surface area contributed by atoms with Crippen molar-refractivity contribution in [3.63, 3.8) is 0 Å². The maximum atomic E-state index is 3.14. The number of nitrogens with zero attached hydrogens (tertiary/aromatic N) is 4. The molecule has 0 aromatic carbocycles. The Balaban J connectivity index is 7.24. The van der Waals surface area contributed by atoms with Gasteiger partial charge in [-0.15, -0.1) is 0 Å². The Morgan fingerprint density at radius 3 is 0.514 bits per heavy atom. The Morgan fingerprint density at radius 2 is 0.405 bits per heavy atom. The van der Waals surface area contributed by atoms with Crippen LogP contribution < -0.4 is 0 Å². The molecule has 0 unspecified atom stereocenters. The molecule has 0 amide bonds. The lowest BCUT2D eigenvalue weighted by Gasteiger charge is -2.59. The summed E-state index contributed by atoms with van der Waals surface area (Å²) in [5.74, 6) is 0. The lowest BCUT2D eigenvalue weighted by atomic mass is 10.3. The van der Waals surface area contributed by atoms with Crippen molar-refractivity contribution in [2.45, 2.75) is 158 Å². The zero-order chi connectivity index (χ0) is 27.8. The van der Waals surface area contributed by atoms with Gasteiger partial charge in [0.25, 0.3) is 0 Å². The van der Waals surface area contributed by atoms with E-state index in [-0.39, 0.29) is 0 Å². The minimum absolute atomic E-state index is 1.28. The summed E-state index contributed by atoms with van der Waals surface area (Å²) in [6.45, 7) is 29.4. The van der Waals surface area contributed by atoms with E-state index in [2.05, 4.69) is 73.7 Å². The molecule has 5 heteroatoms. The molecule has 224 valence electrons. The van der Waals surface area contributed by atoms with Gasteiger partial charge >= 0.3 is 8.72 Å². The van der Waals surface area contributed by atoms with Crippen molar-refractivity contribution >= 4 is 8.72 Å². The van der Waals surface area contributed by atoms with Crippen LogP contribution in [0.4, 0.5) is 0 Å². The number of hydrogen-bond acceptors (Lipinski definition) is 4. The first kappa shape index (κ1) is 37.1. The number of unbranched alkanes of at least 4 members (excludes halogenated alkanes) is 8. The molecule has 0 aromatic heterocycles. The van der Waals surface area contributed by atoms with Crippen molar-refractivity contribution in [1.29, 1.82) is 0 Å². The third-order valence-electron chi connectivity index (χ3n) is 7.95. The summed E-state index contributed by atoms with van der Waals surface area (Å²) in [7, 11) is -2.28. The average molecular weight is 541 g/mol. The normalized spacial score (nSPS) is 12.6. The molecule has 0 N–H and O–H groups in total. The number of rotatable bonds is 28. The van der Waals surface area contributed by atoms with Gasteiger partial charge in [0.15, 0.2) is 0 Å². The SMILES string of the molecule is CCCCN(CCCC)[Si](N(CCCC)CCCC)(N(CCCC)CCCC)N(CCCC)CCCC. The first-order chi connectivity index (χ1) is 18.1. The fourth-order valence-corrected chi connectivity index (χ4v) is 11.7. The molecule has 0 aliphatic rings. The quantitative estimate of drug-likeness (QED) is 0.0917. The minimum Gasteiger partial charge on any atom is -0.287 e. The first-order valence-corrected chi connectivity index (χ1v) is 18.9. The standard InChI is InChI=1S/C32H72N4Si/c1-9-17-25-33(26-18-10-2)37(34(27-19-11-3)28-20-12-4,35(29-21-13-5)30-22-14-6)36(31-23-15-7)32-24-16-8/h9-32H2,1-8H3. The van der Waals surface area contributed by atoms with Crippen molar-refractivity contribution < 1.29 is 0 Å². The third kappa shape index (κ3) is 13.3. The van der Waals surface area contributed by atoms with Gasteiger partial charge < -0.3 is 0 Å². The van der Waals surface area contributed by atoms with Crippen molar-refractivity contribution in [2.24, 2.45) is 0 Å². The van der Waals surface area contributed by atoms with E-state index in [4.69, 9.17) is 0 Å². The fraction of sp³-hybridized carbons (Fsp3) is 1.00. The zero-order valence-electron chi connectivity index (χ0n) is 27.3. The molecular formula is C32H72N4Si. The predicted octanol–water partition coefficient (Wildman–Crippen LogP) is 9.03. The molecule has 0 saturated heterocycles. The molecular weight excluding hydrogens is 468 g/mol. The molecule has 0 spiro atoms. The van der Waals surface area contributed by atoms with Gasteiger partial charge in [0, 0.05) is 0 Å². The van der Waals surface area contributed by atoms with E-state index in [1.807, 2.05) is 0 Å². The summed E-state index contributed by atoms with van der Waals surface area (Å²) in [5.41, 5.74) is 0. The van der Waals surface area contributed by atoms with Crippen LogP contribution in [-0.4, -0.2) is 79.3 Å². The topological polar surface area (TPSA) is 13.0 Å². The summed E-state index contributed by atoms with van der Waals surface area (Å²) in [4.78, 5) is 0. The van der Waals surface area contributed by atoms with Crippen LogP contribution in [0.15, 0.2) is 0 Å².